The van der Waals surface area contributed by atoms with Gasteiger partial charge in [-0.1, -0.05) is 6.07 Å². The van der Waals surface area contributed by atoms with Crippen molar-refractivity contribution in [1.29, 1.82) is 0 Å². The number of nitrogens with zero attached hydrogens (tertiary/aromatic N) is 4. The molecule has 1 N–H and O–H groups in total. The molecule has 32 heavy (non-hydrogen) atoms. The molecule has 168 valence electrons. The van der Waals surface area contributed by atoms with E-state index in [0.717, 1.165) is 81.2 Å². The Morgan fingerprint density at radius 2 is 1.75 bits per heavy atom. The first kappa shape index (κ1) is 20.9. The Morgan fingerprint density at radius 3 is 2.47 bits per heavy atom. The second-order valence-electron chi connectivity index (χ2n) is 9.04. The first-order valence-corrected chi connectivity index (χ1v) is 11.5. The van der Waals surface area contributed by atoms with E-state index >= 15 is 0 Å². The molecule has 1 amide bonds. The third-order valence-corrected chi connectivity index (χ3v) is 6.78. The third kappa shape index (κ3) is 4.48. The zero-order chi connectivity index (χ0) is 22.1. The largest absolute Gasteiger partial charge is 0.368 e. The third-order valence-electron chi connectivity index (χ3n) is 6.78. The SMILES string of the molecule is Cc1ccc2nc(CN3CCC(C(=O)N4CCN(c5ccc(F)cc5)CC4)CC3)[nH]c2c1. The average Bonchev–Trinajstić information content (AvgIpc) is 3.21. The number of nitrogens with one attached hydrogen (secondary N) is 1. The maximum Gasteiger partial charge on any atom is 0.225 e. The minimum atomic E-state index is -0.218. The summed E-state index contributed by atoms with van der Waals surface area (Å²) < 4.78 is 13.2. The maximum absolute atomic E-state index is 13.2. The van der Waals surface area contributed by atoms with Gasteiger partial charge in [-0.25, -0.2) is 9.37 Å². The van der Waals surface area contributed by atoms with E-state index < -0.39 is 0 Å². The standard InChI is InChI=1S/C25H30FN5O/c1-18-2-7-22-23(16-18)28-24(27-22)17-29-10-8-19(9-11-29)25(32)31-14-12-30(13-15-31)21-5-3-20(26)4-6-21/h2-7,16,19H,8-15,17H2,1H3,(H,27,28). The summed E-state index contributed by atoms with van der Waals surface area (Å²) in [6, 6.07) is 12.9. The quantitative estimate of drug-likeness (QED) is 0.681. The molecule has 2 aliphatic rings. The lowest BCUT2D eigenvalue weighted by Gasteiger charge is -2.39. The number of imidazole rings is 1. The van der Waals surface area contributed by atoms with Gasteiger partial charge in [-0.15, -0.1) is 0 Å². The molecule has 1 aromatic heterocycles. The van der Waals surface area contributed by atoms with Crippen LogP contribution >= 0.6 is 0 Å². The first-order chi connectivity index (χ1) is 15.5. The number of halogens is 1. The number of hydrogen-bond donors (Lipinski definition) is 1. The number of anilines is 1. The lowest BCUT2D eigenvalue weighted by atomic mass is 9.95. The number of H-pyrrole nitrogens is 1. The van der Waals surface area contributed by atoms with Gasteiger partial charge >= 0.3 is 0 Å². The van der Waals surface area contributed by atoms with Gasteiger partial charge in [0.15, 0.2) is 0 Å². The number of carbonyl (C=O) groups excluding carboxylic acids is 1. The molecular weight excluding hydrogens is 405 g/mol. The number of aryl methyl sites for hydroxylation is 1. The van der Waals surface area contributed by atoms with E-state index in [1.807, 2.05) is 17.0 Å². The fourth-order valence-corrected chi connectivity index (χ4v) is 4.90. The van der Waals surface area contributed by atoms with Crippen LogP contribution in [0.2, 0.25) is 0 Å². The second kappa shape index (κ2) is 8.90. The topological polar surface area (TPSA) is 55.5 Å². The van der Waals surface area contributed by atoms with E-state index in [0.29, 0.717) is 5.91 Å². The van der Waals surface area contributed by atoms with Gasteiger partial charge in [-0.2, -0.15) is 0 Å². The normalized spacial score (nSPS) is 18.4. The molecule has 0 bridgehead atoms. The van der Waals surface area contributed by atoms with Crippen molar-refractivity contribution in [3.8, 4) is 0 Å². The smallest absolute Gasteiger partial charge is 0.225 e. The van der Waals surface area contributed by atoms with Crippen LogP contribution in [0.5, 0.6) is 0 Å². The summed E-state index contributed by atoms with van der Waals surface area (Å²) in [4.78, 5) is 27.9. The Balaban J connectivity index is 1.11. The van der Waals surface area contributed by atoms with Crippen molar-refractivity contribution in [3.05, 3.63) is 59.7 Å². The van der Waals surface area contributed by atoms with Crippen LogP contribution in [-0.2, 0) is 11.3 Å². The highest BCUT2D eigenvalue weighted by atomic mass is 19.1. The lowest BCUT2D eigenvalue weighted by Crippen LogP contribution is -2.51. The van der Waals surface area contributed by atoms with Crippen molar-refractivity contribution in [2.45, 2.75) is 26.3 Å². The first-order valence-electron chi connectivity index (χ1n) is 11.5. The number of piperazine rings is 1. The number of rotatable bonds is 4. The van der Waals surface area contributed by atoms with Crippen molar-refractivity contribution in [3.63, 3.8) is 0 Å². The minimum absolute atomic E-state index is 0.113. The summed E-state index contributed by atoms with van der Waals surface area (Å²) in [5.74, 6) is 1.18. The summed E-state index contributed by atoms with van der Waals surface area (Å²) in [5.41, 5.74) is 4.35. The number of amides is 1. The zero-order valence-corrected chi connectivity index (χ0v) is 18.6. The number of fused-ring (bicyclic) bond motifs is 1. The molecule has 0 spiro atoms. The van der Waals surface area contributed by atoms with Gasteiger partial charge in [0.2, 0.25) is 5.91 Å². The summed E-state index contributed by atoms with van der Waals surface area (Å²) >= 11 is 0. The Labute approximate surface area is 188 Å². The minimum Gasteiger partial charge on any atom is -0.368 e. The van der Waals surface area contributed by atoms with E-state index in [-0.39, 0.29) is 11.7 Å². The Hall–Kier alpha value is -2.93. The van der Waals surface area contributed by atoms with Gasteiger partial charge in [0, 0.05) is 37.8 Å². The molecular formula is C25H30FN5O. The fraction of sp³-hybridized carbons (Fsp3) is 0.440. The molecule has 0 atom stereocenters. The fourth-order valence-electron chi connectivity index (χ4n) is 4.90. The molecule has 3 aromatic rings. The number of hydrogen-bond acceptors (Lipinski definition) is 4. The van der Waals surface area contributed by atoms with Crippen LogP contribution in [0.3, 0.4) is 0 Å². The number of aromatic nitrogens is 2. The highest BCUT2D eigenvalue weighted by molar-refractivity contribution is 5.79. The maximum atomic E-state index is 13.2. The van der Waals surface area contributed by atoms with E-state index in [1.54, 1.807) is 0 Å². The number of benzene rings is 2. The van der Waals surface area contributed by atoms with E-state index in [4.69, 9.17) is 4.98 Å². The molecule has 5 rings (SSSR count). The average molecular weight is 436 g/mol. The van der Waals surface area contributed by atoms with Crippen molar-refractivity contribution < 1.29 is 9.18 Å². The van der Waals surface area contributed by atoms with Crippen molar-refractivity contribution in [2.75, 3.05) is 44.2 Å². The van der Waals surface area contributed by atoms with E-state index in [2.05, 4.69) is 39.9 Å². The van der Waals surface area contributed by atoms with E-state index in [9.17, 15) is 9.18 Å². The molecule has 2 aliphatic heterocycles. The molecule has 2 aromatic carbocycles. The predicted molar refractivity (Wildman–Crippen MR) is 124 cm³/mol. The Morgan fingerprint density at radius 1 is 1.03 bits per heavy atom. The summed E-state index contributed by atoms with van der Waals surface area (Å²) in [7, 11) is 0. The van der Waals surface area contributed by atoms with Crippen molar-refractivity contribution in [1.82, 2.24) is 19.8 Å². The molecule has 6 nitrogen and oxygen atoms in total. The van der Waals surface area contributed by atoms with Gasteiger partial charge in [-0.05, 0) is 74.8 Å². The summed E-state index contributed by atoms with van der Waals surface area (Å²) in [5, 5.41) is 0. The molecule has 0 unspecified atom stereocenters. The van der Waals surface area contributed by atoms with Gasteiger partial charge < -0.3 is 14.8 Å². The summed E-state index contributed by atoms with van der Waals surface area (Å²) in [6.07, 6.45) is 1.80. The summed E-state index contributed by atoms with van der Waals surface area (Å²) in [6.45, 7) is 7.77. The van der Waals surface area contributed by atoms with Crippen LogP contribution in [0.4, 0.5) is 10.1 Å². The Kier molecular flexibility index (Phi) is 5.83. The Bertz CT molecular complexity index is 1080. The predicted octanol–water partition coefficient (Wildman–Crippen LogP) is 3.57. The van der Waals surface area contributed by atoms with Crippen LogP contribution in [0.25, 0.3) is 11.0 Å². The van der Waals surface area contributed by atoms with Crippen LogP contribution in [0.1, 0.15) is 24.2 Å². The lowest BCUT2D eigenvalue weighted by molar-refractivity contribution is -0.137. The molecule has 2 fully saturated rings. The van der Waals surface area contributed by atoms with Crippen molar-refractivity contribution >= 4 is 22.6 Å². The molecule has 0 saturated carbocycles. The van der Waals surface area contributed by atoms with Gasteiger partial charge in [0.25, 0.3) is 0 Å². The highest BCUT2D eigenvalue weighted by Gasteiger charge is 2.30. The van der Waals surface area contributed by atoms with Crippen LogP contribution in [0, 0.1) is 18.7 Å². The van der Waals surface area contributed by atoms with Crippen molar-refractivity contribution in [2.24, 2.45) is 5.92 Å². The van der Waals surface area contributed by atoms with E-state index in [1.165, 1.54) is 17.7 Å². The molecule has 0 aliphatic carbocycles. The second-order valence-corrected chi connectivity index (χ2v) is 9.04. The molecule has 0 radical (unpaired) electrons. The monoisotopic (exact) mass is 435 g/mol. The zero-order valence-electron chi connectivity index (χ0n) is 18.6. The molecule has 2 saturated heterocycles. The number of aromatic amines is 1. The van der Waals surface area contributed by atoms with Gasteiger partial charge in [0.05, 0.1) is 17.6 Å². The van der Waals surface area contributed by atoms with Crippen LogP contribution in [0.15, 0.2) is 42.5 Å². The molecule has 7 heteroatoms. The number of likely N-dealkylation sites (tertiary alicyclic amines) is 1. The number of piperidine rings is 1. The molecule has 3 heterocycles. The highest BCUT2D eigenvalue weighted by Crippen LogP contribution is 2.23. The van der Waals surface area contributed by atoms with Crippen LogP contribution < -0.4 is 4.90 Å². The van der Waals surface area contributed by atoms with Crippen LogP contribution in [-0.4, -0.2) is 64.9 Å². The number of carbonyl (C=O) groups is 1. The van der Waals surface area contributed by atoms with Gasteiger partial charge in [-0.3, -0.25) is 9.69 Å². The van der Waals surface area contributed by atoms with Gasteiger partial charge in [0.1, 0.15) is 11.6 Å².